The molecule has 0 saturated heterocycles. The van der Waals surface area contributed by atoms with Gasteiger partial charge in [-0.05, 0) is 30.2 Å². The Balaban J connectivity index is 2.39. The Morgan fingerprint density at radius 2 is 1.16 bits per heavy atom. The van der Waals surface area contributed by atoms with Gasteiger partial charge in [-0.3, -0.25) is 0 Å². The highest BCUT2D eigenvalue weighted by Crippen LogP contribution is 2.54. The summed E-state index contributed by atoms with van der Waals surface area (Å²) in [5, 5.41) is 22.4. The molecule has 0 heterocycles. The number of hydrogen-bond donors (Lipinski definition) is 2. The molecule has 0 fully saturated rings. The van der Waals surface area contributed by atoms with Crippen LogP contribution in [0.2, 0.25) is 0 Å². The predicted octanol–water partition coefficient (Wildman–Crippen LogP) is 2.37. The Morgan fingerprint density at radius 3 is 1.48 bits per heavy atom. The predicted molar refractivity (Wildman–Crippen MR) is 91.8 cm³/mol. The lowest BCUT2D eigenvalue weighted by Crippen LogP contribution is -2.32. The van der Waals surface area contributed by atoms with E-state index in [4.69, 9.17) is 18.9 Å². The first kappa shape index (κ1) is 17.4. The Hall–Kier alpha value is -2.44. The smallest absolute Gasteiger partial charge is 0.167 e. The number of hydrogen-bond acceptors (Lipinski definition) is 6. The van der Waals surface area contributed by atoms with E-state index in [0.29, 0.717) is 45.3 Å². The van der Waals surface area contributed by atoms with Crippen molar-refractivity contribution in [3.8, 4) is 23.0 Å². The molecule has 0 saturated carbocycles. The molecular formula is C19H22O6. The van der Waals surface area contributed by atoms with Gasteiger partial charge in [-0.2, -0.15) is 0 Å². The van der Waals surface area contributed by atoms with Gasteiger partial charge in [-0.15, -0.1) is 0 Å². The molecule has 6 nitrogen and oxygen atoms in total. The lowest BCUT2D eigenvalue weighted by molar-refractivity contribution is 0.0816. The summed E-state index contributed by atoms with van der Waals surface area (Å²) < 4.78 is 21.6. The maximum atomic E-state index is 11.3. The fourth-order valence-electron chi connectivity index (χ4n) is 3.58. The van der Waals surface area contributed by atoms with Crippen LogP contribution in [0.15, 0.2) is 24.3 Å². The second-order valence-corrected chi connectivity index (χ2v) is 6.00. The molecule has 0 aliphatic heterocycles. The monoisotopic (exact) mass is 346 g/mol. The molecule has 0 atom stereocenters. The van der Waals surface area contributed by atoms with Crippen LogP contribution in [0.1, 0.15) is 35.3 Å². The highest BCUT2D eigenvalue weighted by Gasteiger charge is 2.43. The van der Waals surface area contributed by atoms with E-state index in [0.717, 1.165) is 0 Å². The minimum atomic E-state index is -1.34. The van der Waals surface area contributed by atoms with Gasteiger partial charge in [0.05, 0.1) is 28.4 Å². The van der Waals surface area contributed by atoms with Crippen molar-refractivity contribution < 1.29 is 29.2 Å². The van der Waals surface area contributed by atoms with Crippen LogP contribution >= 0.6 is 0 Å². The normalized spacial score (nSPS) is 21.2. The fourth-order valence-corrected chi connectivity index (χ4v) is 3.58. The first-order valence-corrected chi connectivity index (χ1v) is 7.83. The number of methoxy groups -OCH3 is 4. The van der Waals surface area contributed by atoms with E-state index in [1.807, 2.05) is 0 Å². The number of benzene rings is 2. The number of fused-ring (bicyclic) bond motifs is 2. The van der Waals surface area contributed by atoms with Crippen molar-refractivity contribution in [2.24, 2.45) is 0 Å². The molecule has 0 spiro atoms. The van der Waals surface area contributed by atoms with Crippen LogP contribution in [0.3, 0.4) is 0 Å². The van der Waals surface area contributed by atoms with E-state index >= 15 is 0 Å². The lowest BCUT2D eigenvalue weighted by Gasteiger charge is -2.38. The van der Waals surface area contributed by atoms with Crippen molar-refractivity contribution in [1.29, 1.82) is 0 Å². The summed E-state index contributed by atoms with van der Waals surface area (Å²) in [5.41, 5.74) is 0.662. The first-order chi connectivity index (χ1) is 11.9. The zero-order chi connectivity index (χ0) is 18.4. The average molecular weight is 346 g/mol. The van der Waals surface area contributed by atoms with E-state index in [2.05, 4.69) is 0 Å². The van der Waals surface area contributed by atoms with E-state index in [1.165, 1.54) is 28.4 Å². The van der Waals surface area contributed by atoms with Gasteiger partial charge < -0.3 is 29.2 Å². The molecular weight excluding hydrogens is 324 g/mol. The molecule has 2 N–H and O–H groups in total. The second kappa shape index (κ2) is 6.13. The summed E-state index contributed by atoms with van der Waals surface area (Å²) in [6.45, 7) is 1.67. The molecule has 0 amide bonds. The van der Waals surface area contributed by atoms with Crippen LogP contribution in [-0.2, 0) is 5.60 Å². The van der Waals surface area contributed by atoms with E-state index in [1.54, 1.807) is 31.2 Å². The number of aliphatic hydroxyl groups excluding tert-OH is 1. The molecule has 0 bridgehead atoms. The highest BCUT2D eigenvalue weighted by atomic mass is 16.5. The van der Waals surface area contributed by atoms with Crippen LogP contribution in [0, 0.1) is 0 Å². The molecule has 134 valence electrons. The van der Waals surface area contributed by atoms with Gasteiger partial charge in [0.2, 0.25) is 0 Å². The van der Waals surface area contributed by atoms with Crippen molar-refractivity contribution in [3.63, 3.8) is 0 Å². The molecule has 0 unspecified atom stereocenters. The lowest BCUT2D eigenvalue weighted by atomic mass is 9.73. The first-order valence-electron chi connectivity index (χ1n) is 7.83. The third-order valence-electron chi connectivity index (χ3n) is 4.76. The molecule has 0 radical (unpaired) electrons. The summed E-state index contributed by atoms with van der Waals surface area (Å²) in [7, 11) is 6.04. The van der Waals surface area contributed by atoms with E-state index in [-0.39, 0.29) is 0 Å². The average Bonchev–Trinajstić information content (AvgIpc) is 2.63. The number of aliphatic hydroxyl groups is 2. The molecule has 25 heavy (non-hydrogen) atoms. The summed E-state index contributed by atoms with van der Waals surface area (Å²) in [6.07, 6.45) is -1.07. The fraction of sp³-hybridized carbons (Fsp3) is 0.368. The Labute approximate surface area is 146 Å². The van der Waals surface area contributed by atoms with Crippen molar-refractivity contribution >= 4 is 0 Å². The third kappa shape index (κ3) is 2.33. The molecule has 3 rings (SSSR count). The Bertz CT molecular complexity index is 747. The maximum Gasteiger partial charge on any atom is 0.167 e. The molecule has 0 aromatic heterocycles. The zero-order valence-corrected chi connectivity index (χ0v) is 14.9. The van der Waals surface area contributed by atoms with Crippen molar-refractivity contribution in [2.75, 3.05) is 28.4 Å². The second-order valence-electron chi connectivity index (χ2n) is 6.00. The summed E-state index contributed by atoms with van der Waals surface area (Å²) in [5.74, 6) is 1.70. The third-order valence-corrected chi connectivity index (χ3v) is 4.76. The highest BCUT2D eigenvalue weighted by molar-refractivity contribution is 5.66. The standard InChI is InChI=1S/C19H22O6/c1-19(21)10-6-8-12(22-2)17(24-4)14(10)16(20)15-11(19)7-9-13(23-3)18(15)25-5/h6-9,16,20-21H,1-5H3. The van der Waals surface area contributed by atoms with Gasteiger partial charge in [0.1, 0.15) is 11.7 Å². The van der Waals surface area contributed by atoms with Crippen molar-refractivity contribution in [1.82, 2.24) is 0 Å². The van der Waals surface area contributed by atoms with Gasteiger partial charge in [-0.25, -0.2) is 0 Å². The minimum absolute atomic E-state index is 0.378. The minimum Gasteiger partial charge on any atom is -0.493 e. The molecule has 2 aromatic rings. The van der Waals surface area contributed by atoms with E-state index < -0.39 is 11.7 Å². The summed E-state index contributed by atoms with van der Waals surface area (Å²) in [6, 6.07) is 6.90. The molecule has 1 aliphatic carbocycles. The van der Waals surface area contributed by atoms with Gasteiger partial charge >= 0.3 is 0 Å². The van der Waals surface area contributed by atoms with Crippen LogP contribution < -0.4 is 18.9 Å². The zero-order valence-electron chi connectivity index (χ0n) is 14.9. The van der Waals surface area contributed by atoms with Crippen LogP contribution in [0.4, 0.5) is 0 Å². The molecule has 6 heteroatoms. The Kier molecular flexibility index (Phi) is 4.26. The van der Waals surface area contributed by atoms with Crippen LogP contribution in [0.25, 0.3) is 0 Å². The Morgan fingerprint density at radius 1 is 0.760 bits per heavy atom. The van der Waals surface area contributed by atoms with Gasteiger partial charge in [0, 0.05) is 11.1 Å². The van der Waals surface area contributed by atoms with Crippen molar-refractivity contribution in [2.45, 2.75) is 18.6 Å². The summed E-state index contributed by atoms with van der Waals surface area (Å²) in [4.78, 5) is 0. The molecule has 2 aromatic carbocycles. The summed E-state index contributed by atoms with van der Waals surface area (Å²) >= 11 is 0. The van der Waals surface area contributed by atoms with E-state index in [9.17, 15) is 10.2 Å². The quantitative estimate of drug-likeness (QED) is 0.885. The van der Waals surface area contributed by atoms with Gasteiger partial charge in [0.25, 0.3) is 0 Å². The van der Waals surface area contributed by atoms with Gasteiger partial charge in [-0.1, -0.05) is 12.1 Å². The number of ether oxygens (including phenoxy) is 4. The van der Waals surface area contributed by atoms with Gasteiger partial charge in [0.15, 0.2) is 23.0 Å². The largest absolute Gasteiger partial charge is 0.493 e. The maximum absolute atomic E-state index is 11.3. The topological polar surface area (TPSA) is 77.4 Å². The molecule has 1 aliphatic rings. The van der Waals surface area contributed by atoms with Crippen molar-refractivity contribution in [3.05, 3.63) is 46.5 Å². The van der Waals surface area contributed by atoms with Crippen LogP contribution in [-0.4, -0.2) is 38.7 Å². The SMILES string of the molecule is COc1ccc2c(c1OC)C(O)c1c(ccc(OC)c1OC)C2(C)O. The number of rotatable bonds is 4. The van der Waals surface area contributed by atoms with Crippen LogP contribution in [0.5, 0.6) is 23.0 Å².